The van der Waals surface area contributed by atoms with Crippen molar-refractivity contribution in [2.45, 2.75) is 40.0 Å². The molecule has 2 N–H and O–H groups in total. The summed E-state index contributed by atoms with van der Waals surface area (Å²) in [4.78, 5) is 16.4. The Balaban J connectivity index is 2.79. The topological polar surface area (TPSA) is 54.0 Å². The van der Waals surface area contributed by atoms with Crippen LogP contribution in [-0.2, 0) is 6.42 Å². The molecular formula is C14H23N3O. The van der Waals surface area contributed by atoms with Crippen LogP contribution in [-0.4, -0.2) is 24.0 Å². The first kappa shape index (κ1) is 14.5. The number of anilines is 1. The monoisotopic (exact) mass is 249 g/mol. The van der Waals surface area contributed by atoms with Crippen LogP contribution in [0.15, 0.2) is 12.1 Å². The minimum atomic E-state index is -0.0142. The van der Waals surface area contributed by atoms with Gasteiger partial charge in [0.05, 0.1) is 0 Å². The second-order valence-corrected chi connectivity index (χ2v) is 4.23. The van der Waals surface area contributed by atoms with Gasteiger partial charge in [-0.1, -0.05) is 20.3 Å². The summed E-state index contributed by atoms with van der Waals surface area (Å²) in [7, 11) is 0. The maximum absolute atomic E-state index is 12.0. The maximum Gasteiger partial charge on any atom is 0.251 e. The summed E-state index contributed by atoms with van der Waals surface area (Å²) in [6.07, 6.45) is 2.92. The minimum Gasteiger partial charge on any atom is -0.370 e. The summed E-state index contributed by atoms with van der Waals surface area (Å²) in [5.74, 6) is 0.761. The van der Waals surface area contributed by atoms with Crippen molar-refractivity contribution in [3.63, 3.8) is 0 Å². The third kappa shape index (κ3) is 4.35. The van der Waals surface area contributed by atoms with Crippen LogP contribution in [0, 0.1) is 0 Å². The highest BCUT2D eigenvalue weighted by Crippen LogP contribution is 2.11. The fraction of sp³-hybridized carbons (Fsp3) is 0.571. The van der Waals surface area contributed by atoms with E-state index in [1.54, 1.807) is 0 Å². The Morgan fingerprint density at radius 3 is 2.67 bits per heavy atom. The van der Waals surface area contributed by atoms with Crippen molar-refractivity contribution in [1.82, 2.24) is 10.3 Å². The van der Waals surface area contributed by atoms with Gasteiger partial charge in [0, 0.05) is 24.3 Å². The largest absolute Gasteiger partial charge is 0.370 e. The first-order chi connectivity index (χ1) is 8.71. The van der Waals surface area contributed by atoms with Crippen molar-refractivity contribution < 1.29 is 4.79 Å². The average Bonchev–Trinajstić information content (AvgIpc) is 2.39. The molecule has 0 unspecified atom stereocenters. The standard InChI is InChI=1S/C14H23N3O/c1-4-7-8-16-14(18)11-9-12(5-2)17-13(10-11)15-6-3/h9-10H,4-8H2,1-3H3,(H,15,17)(H,16,18). The van der Waals surface area contributed by atoms with Gasteiger partial charge in [0.15, 0.2) is 0 Å². The van der Waals surface area contributed by atoms with Crippen LogP contribution in [0.3, 0.4) is 0 Å². The zero-order valence-corrected chi connectivity index (χ0v) is 11.5. The third-order valence-electron chi connectivity index (χ3n) is 2.68. The van der Waals surface area contributed by atoms with E-state index >= 15 is 0 Å². The Bertz CT molecular complexity index is 391. The number of carbonyl (C=O) groups is 1. The Hall–Kier alpha value is -1.58. The summed E-state index contributed by atoms with van der Waals surface area (Å²) < 4.78 is 0. The normalized spacial score (nSPS) is 10.2. The lowest BCUT2D eigenvalue weighted by molar-refractivity contribution is 0.0953. The van der Waals surface area contributed by atoms with Gasteiger partial charge in [-0.25, -0.2) is 4.98 Å². The molecule has 0 radical (unpaired) electrons. The van der Waals surface area contributed by atoms with Gasteiger partial charge in [0.25, 0.3) is 5.91 Å². The number of hydrogen-bond donors (Lipinski definition) is 2. The molecule has 18 heavy (non-hydrogen) atoms. The lowest BCUT2D eigenvalue weighted by atomic mass is 10.1. The molecule has 0 saturated carbocycles. The van der Waals surface area contributed by atoms with Gasteiger partial charge < -0.3 is 10.6 Å². The molecule has 0 aliphatic carbocycles. The van der Waals surface area contributed by atoms with Crippen molar-refractivity contribution in [3.05, 3.63) is 23.4 Å². The molecule has 0 aromatic carbocycles. The molecule has 0 atom stereocenters. The summed E-state index contributed by atoms with van der Waals surface area (Å²) in [6, 6.07) is 3.67. The van der Waals surface area contributed by atoms with Crippen LogP contribution in [0.4, 0.5) is 5.82 Å². The molecule has 1 aromatic rings. The van der Waals surface area contributed by atoms with E-state index < -0.39 is 0 Å². The summed E-state index contributed by atoms with van der Waals surface area (Å²) in [6.45, 7) is 7.70. The molecule has 1 aromatic heterocycles. The van der Waals surface area contributed by atoms with Crippen molar-refractivity contribution in [3.8, 4) is 0 Å². The Labute approximate surface area is 109 Å². The van der Waals surface area contributed by atoms with Crippen LogP contribution in [0.25, 0.3) is 0 Å². The van der Waals surface area contributed by atoms with Crippen molar-refractivity contribution in [2.75, 3.05) is 18.4 Å². The van der Waals surface area contributed by atoms with Crippen molar-refractivity contribution >= 4 is 11.7 Å². The molecule has 0 saturated heterocycles. The van der Waals surface area contributed by atoms with Gasteiger partial charge >= 0.3 is 0 Å². The van der Waals surface area contributed by atoms with Crippen LogP contribution < -0.4 is 10.6 Å². The number of pyridine rings is 1. The fourth-order valence-electron chi connectivity index (χ4n) is 1.65. The molecule has 4 heteroatoms. The average molecular weight is 249 g/mol. The van der Waals surface area contributed by atoms with Gasteiger partial charge in [-0.3, -0.25) is 4.79 Å². The second kappa shape index (κ2) is 7.69. The second-order valence-electron chi connectivity index (χ2n) is 4.23. The number of unbranched alkanes of at least 4 members (excludes halogenated alkanes) is 1. The lowest BCUT2D eigenvalue weighted by Crippen LogP contribution is -2.24. The van der Waals surface area contributed by atoms with Gasteiger partial charge in [-0.05, 0) is 31.9 Å². The van der Waals surface area contributed by atoms with Crippen molar-refractivity contribution in [2.24, 2.45) is 0 Å². The quantitative estimate of drug-likeness (QED) is 0.730. The van der Waals surface area contributed by atoms with E-state index in [0.717, 1.165) is 43.9 Å². The SMILES string of the molecule is CCCCNC(=O)c1cc(CC)nc(NCC)c1. The summed E-state index contributed by atoms with van der Waals surface area (Å²) in [5.41, 5.74) is 1.63. The van der Waals surface area contributed by atoms with Gasteiger partial charge in [0.1, 0.15) is 5.82 Å². The first-order valence-corrected chi connectivity index (χ1v) is 6.74. The van der Waals surface area contributed by atoms with Gasteiger partial charge in [-0.15, -0.1) is 0 Å². The lowest BCUT2D eigenvalue weighted by Gasteiger charge is -2.09. The predicted octanol–water partition coefficient (Wildman–Crippen LogP) is 2.61. The molecular weight excluding hydrogens is 226 g/mol. The van der Waals surface area contributed by atoms with Crippen LogP contribution in [0.5, 0.6) is 0 Å². The first-order valence-electron chi connectivity index (χ1n) is 6.74. The Morgan fingerprint density at radius 1 is 1.28 bits per heavy atom. The number of amides is 1. The summed E-state index contributed by atoms with van der Waals surface area (Å²) in [5, 5.41) is 6.08. The van der Waals surface area contributed by atoms with E-state index in [4.69, 9.17) is 0 Å². The summed E-state index contributed by atoms with van der Waals surface area (Å²) >= 11 is 0. The number of nitrogens with zero attached hydrogens (tertiary/aromatic N) is 1. The number of carbonyl (C=O) groups excluding carboxylic acids is 1. The minimum absolute atomic E-state index is 0.0142. The third-order valence-corrected chi connectivity index (χ3v) is 2.68. The fourth-order valence-corrected chi connectivity index (χ4v) is 1.65. The molecule has 0 fully saturated rings. The van der Waals surface area contributed by atoms with E-state index in [-0.39, 0.29) is 5.91 Å². The molecule has 0 bridgehead atoms. The van der Waals surface area contributed by atoms with Gasteiger partial charge in [-0.2, -0.15) is 0 Å². The van der Waals surface area contributed by atoms with E-state index in [9.17, 15) is 4.79 Å². The van der Waals surface area contributed by atoms with Crippen LogP contribution in [0.1, 0.15) is 49.7 Å². The maximum atomic E-state index is 12.0. The molecule has 4 nitrogen and oxygen atoms in total. The van der Waals surface area contributed by atoms with Crippen molar-refractivity contribution in [1.29, 1.82) is 0 Å². The number of nitrogens with one attached hydrogen (secondary N) is 2. The number of rotatable bonds is 7. The number of hydrogen-bond acceptors (Lipinski definition) is 3. The van der Waals surface area contributed by atoms with E-state index in [1.165, 1.54) is 0 Å². The molecule has 1 amide bonds. The smallest absolute Gasteiger partial charge is 0.251 e. The molecule has 0 spiro atoms. The van der Waals surface area contributed by atoms with Gasteiger partial charge in [0.2, 0.25) is 0 Å². The predicted molar refractivity (Wildman–Crippen MR) is 75.0 cm³/mol. The van der Waals surface area contributed by atoms with E-state index in [0.29, 0.717) is 5.56 Å². The highest BCUT2D eigenvalue weighted by atomic mass is 16.1. The molecule has 100 valence electrons. The van der Waals surface area contributed by atoms with E-state index in [2.05, 4.69) is 22.5 Å². The van der Waals surface area contributed by atoms with Crippen LogP contribution in [0.2, 0.25) is 0 Å². The molecule has 0 aliphatic heterocycles. The zero-order chi connectivity index (χ0) is 13.4. The highest BCUT2D eigenvalue weighted by Gasteiger charge is 2.08. The molecule has 0 aliphatic rings. The zero-order valence-electron chi connectivity index (χ0n) is 11.5. The molecule has 1 rings (SSSR count). The van der Waals surface area contributed by atoms with E-state index in [1.807, 2.05) is 26.0 Å². The Kier molecular flexibility index (Phi) is 6.19. The number of aryl methyl sites for hydroxylation is 1. The number of aromatic nitrogens is 1. The Morgan fingerprint density at radius 2 is 2.06 bits per heavy atom. The highest BCUT2D eigenvalue weighted by molar-refractivity contribution is 5.95. The van der Waals surface area contributed by atoms with Crippen LogP contribution >= 0.6 is 0 Å². The molecule has 1 heterocycles.